The molecule has 0 aliphatic heterocycles. The summed E-state index contributed by atoms with van der Waals surface area (Å²) in [7, 11) is 0. The summed E-state index contributed by atoms with van der Waals surface area (Å²) in [6, 6.07) is 2.29. The second-order valence-electron chi connectivity index (χ2n) is 4.64. The Bertz CT molecular complexity index is 527. The molecule has 2 unspecified atom stereocenters. The third kappa shape index (κ3) is 3.19. The molecule has 2 amide bonds. The van der Waals surface area contributed by atoms with E-state index in [-0.39, 0.29) is 21.9 Å². The number of amides is 2. The van der Waals surface area contributed by atoms with Gasteiger partial charge in [-0.2, -0.15) is 0 Å². The molecule has 110 valence electrons. The number of carbonyl (C=O) groups is 1. The molecule has 1 saturated carbocycles. The van der Waals surface area contributed by atoms with E-state index >= 15 is 0 Å². The van der Waals surface area contributed by atoms with Crippen molar-refractivity contribution >= 4 is 58.1 Å². The van der Waals surface area contributed by atoms with Crippen molar-refractivity contribution in [3.05, 3.63) is 22.2 Å². The summed E-state index contributed by atoms with van der Waals surface area (Å²) in [5, 5.41) is 2.92. The van der Waals surface area contributed by atoms with Crippen molar-refractivity contribution in [2.45, 2.75) is 11.3 Å². The Morgan fingerprint density at radius 3 is 2.30 bits per heavy atom. The Balaban J connectivity index is 2.07. The lowest BCUT2D eigenvalue weighted by Gasteiger charge is -2.12. The molecule has 20 heavy (non-hydrogen) atoms. The summed E-state index contributed by atoms with van der Waals surface area (Å²) in [4.78, 5) is 10.8. The van der Waals surface area contributed by atoms with Gasteiger partial charge in [-0.25, -0.2) is 4.79 Å². The number of halogens is 4. The molecule has 1 aromatic rings. The number of urea groups is 1. The lowest BCUT2D eigenvalue weighted by atomic mass is 10.3. The van der Waals surface area contributed by atoms with Gasteiger partial charge in [-0.1, -0.05) is 30.1 Å². The molecular weight excluding hydrogens is 346 g/mol. The minimum absolute atomic E-state index is 0.0291. The van der Waals surface area contributed by atoms with Crippen LogP contribution in [0.15, 0.2) is 12.1 Å². The summed E-state index contributed by atoms with van der Waals surface area (Å²) in [5.74, 6) is 0.507. The highest BCUT2D eigenvalue weighted by molar-refractivity contribution is 6.51. The fourth-order valence-electron chi connectivity index (χ4n) is 1.90. The molecule has 2 atom stereocenters. The minimum atomic E-state index is -0.758. The van der Waals surface area contributed by atoms with Gasteiger partial charge in [0.2, 0.25) is 0 Å². The number of primary amides is 1. The number of nitrogens with two attached hydrogens (primary N) is 1. The molecule has 1 aliphatic carbocycles. The monoisotopic (exact) mass is 356 g/mol. The fourth-order valence-corrected chi connectivity index (χ4v) is 3.18. The topological polar surface area (TPSA) is 64.3 Å². The van der Waals surface area contributed by atoms with Gasteiger partial charge in [0.25, 0.3) is 0 Å². The molecule has 0 radical (unpaired) electrons. The zero-order valence-electron chi connectivity index (χ0n) is 10.4. The number of alkyl halides is 2. The van der Waals surface area contributed by atoms with Crippen molar-refractivity contribution < 1.29 is 9.53 Å². The Hall–Kier alpha value is -0.550. The van der Waals surface area contributed by atoms with Gasteiger partial charge in [-0.05, 0) is 18.1 Å². The molecule has 2 rings (SSSR count). The van der Waals surface area contributed by atoms with Gasteiger partial charge >= 0.3 is 6.03 Å². The van der Waals surface area contributed by atoms with Crippen LogP contribution in [0.1, 0.15) is 6.92 Å². The highest BCUT2D eigenvalue weighted by Gasteiger charge is 2.60. The maximum atomic E-state index is 10.8. The minimum Gasteiger partial charge on any atom is -0.490 e. The standard InChI is InChI=1S/C12H12Cl4N2O2/c1-5-7(12(5,15)16)4-20-10-8(13)2-6(3-9(10)14)18-11(17)19/h2-3,5,7H,4H2,1H3,(H3,17,18,19). The molecule has 1 aliphatic rings. The molecule has 0 saturated heterocycles. The second kappa shape index (κ2) is 5.68. The van der Waals surface area contributed by atoms with E-state index in [2.05, 4.69) is 5.32 Å². The van der Waals surface area contributed by atoms with E-state index < -0.39 is 10.4 Å². The molecule has 1 aromatic carbocycles. The van der Waals surface area contributed by atoms with Crippen molar-refractivity contribution in [2.75, 3.05) is 11.9 Å². The molecule has 4 nitrogen and oxygen atoms in total. The largest absolute Gasteiger partial charge is 0.490 e. The quantitative estimate of drug-likeness (QED) is 0.789. The van der Waals surface area contributed by atoms with Gasteiger partial charge in [-0.15, -0.1) is 23.2 Å². The predicted molar refractivity (Wildman–Crippen MR) is 82.3 cm³/mol. The van der Waals surface area contributed by atoms with Crippen molar-refractivity contribution in [1.29, 1.82) is 0 Å². The van der Waals surface area contributed by atoms with Crippen LogP contribution in [-0.2, 0) is 0 Å². The lowest BCUT2D eigenvalue weighted by molar-refractivity contribution is 0.259. The molecule has 1 fully saturated rings. The highest BCUT2D eigenvalue weighted by Crippen LogP contribution is 2.59. The third-order valence-corrected chi connectivity index (χ3v) is 5.08. The molecule has 0 aromatic heterocycles. The zero-order chi connectivity index (χ0) is 15.1. The molecular formula is C12H12Cl4N2O2. The number of hydrogen-bond acceptors (Lipinski definition) is 2. The van der Waals surface area contributed by atoms with Crippen molar-refractivity contribution in [3.63, 3.8) is 0 Å². The maximum Gasteiger partial charge on any atom is 0.316 e. The van der Waals surface area contributed by atoms with Crippen molar-refractivity contribution in [1.82, 2.24) is 0 Å². The van der Waals surface area contributed by atoms with Gasteiger partial charge in [-0.3, -0.25) is 0 Å². The summed E-state index contributed by atoms with van der Waals surface area (Å²) < 4.78 is 4.82. The molecule has 0 heterocycles. The normalized spacial score (nSPS) is 23.2. The second-order valence-corrected chi connectivity index (χ2v) is 6.90. The van der Waals surface area contributed by atoms with Crippen LogP contribution < -0.4 is 15.8 Å². The molecule has 8 heteroatoms. The smallest absolute Gasteiger partial charge is 0.316 e. The van der Waals surface area contributed by atoms with Gasteiger partial charge in [0.05, 0.1) is 16.7 Å². The number of benzene rings is 1. The number of nitrogens with one attached hydrogen (secondary N) is 1. The van der Waals surface area contributed by atoms with Gasteiger partial charge < -0.3 is 15.8 Å². The molecule has 0 bridgehead atoms. The lowest BCUT2D eigenvalue weighted by Crippen LogP contribution is -2.19. The first-order valence-electron chi connectivity index (χ1n) is 5.79. The number of ether oxygens (including phenoxy) is 1. The summed E-state index contributed by atoms with van der Waals surface area (Å²) >= 11 is 24.2. The SMILES string of the molecule is CC1C(COc2c(Cl)cc(NC(N)=O)cc2Cl)C1(Cl)Cl. The first kappa shape index (κ1) is 15.8. The average molecular weight is 358 g/mol. The zero-order valence-corrected chi connectivity index (χ0v) is 13.4. The Morgan fingerprint density at radius 2 is 1.90 bits per heavy atom. The highest BCUT2D eigenvalue weighted by atomic mass is 35.5. The molecule has 3 N–H and O–H groups in total. The van der Waals surface area contributed by atoms with Gasteiger partial charge in [0, 0.05) is 11.6 Å². The number of hydrogen-bond donors (Lipinski definition) is 2. The van der Waals surface area contributed by atoms with Crippen LogP contribution in [0, 0.1) is 11.8 Å². The average Bonchev–Trinajstić information content (AvgIpc) is 2.76. The Kier molecular flexibility index (Phi) is 4.50. The van der Waals surface area contributed by atoms with E-state index in [1.807, 2.05) is 6.92 Å². The first-order chi connectivity index (χ1) is 9.23. The van der Waals surface area contributed by atoms with E-state index in [0.717, 1.165) is 0 Å². The van der Waals surface area contributed by atoms with Crippen LogP contribution >= 0.6 is 46.4 Å². The number of carbonyl (C=O) groups excluding carboxylic acids is 1. The van der Waals surface area contributed by atoms with Crippen LogP contribution in [0.25, 0.3) is 0 Å². The van der Waals surface area contributed by atoms with Crippen LogP contribution in [-0.4, -0.2) is 17.0 Å². The summed E-state index contributed by atoms with van der Waals surface area (Å²) in [5.41, 5.74) is 5.41. The fraction of sp³-hybridized carbons (Fsp3) is 0.417. The maximum absolute atomic E-state index is 10.8. The first-order valence-corrected chi connectivity index (χ1v) is 7.30. The van der Waals surface area contributed by atoms with Gasteiger partial charge in [0.15, 0.2) is 5.75 Å². The van der Waals surface area contributed by atoms with Crippen LogP contribution in [0.2, 0.25) is 10.0 Å². The van der Waals surface area contributed by atoms with Crippen LogP contribution in [0.3, 0.4) is 0 Å². The van der Waals surface area contributed by atoms with E-state index in [1.54, 1.807) is 0 Å². The van der Waals surface area contributed by atoms with E-state index in [1.165, 1.54) is 12.1 Å². The third-order valence-electron chi connectivity index (χ3n) is 3.27. The van der Waals surface area contributed by atoms with E-state index in [4.69, 9.17) is 56.9 Å². The molecule has 0 spiro atoms. The van der Waals surface area contributed by atoms with Crippen LogP contribution in [0.4, 0.5) is 10.5 Å². The van der Waals surface area contributed by atoms with E-state index in [9.17, 15) is 4.79 Å². The van der Waals surface area contributed by atoms with Gasteiger partial charge in [0.1, 0.15) is 4.33 Å². The van der Waals surface area contributed by atoms with E-state index in [0.29, 0.717) is 18.0 Å². The van der Waals surface area contributed by atoms with Crippen molar-refractivity contribution in [2.24, 2.45) is 17.6 Å². The van der Waals surface area contributed by atoms with Crippen LogP contribution in [0.5, 0.6) is 5.75 Å². The number of rotatable bonds is 4. The summed E-state index contributed by atoms with van der Waals surface area (Å²) in [6.07, 6.45) is 0. The Morgan fingerprint density at radius 1 is 1.40 bits per heavy atom. The predicted octanol–water partition coefficient (Wildman–Crippen LogP) is 4.30. The number of anilines is 1. The van der Waals surface area contributed by atoms with Crippen molar-refractivity contribution in [3.8, 4) is 5.75 Å². The summed E-state index contributed by atoms with van der Waals surface area (Å²) in [6.45, 7) is 2.26. The Labute approximate surface area is 136 Å².